The molecule has 1 saturated heterocycles. The van der Waals surface area contributed by atoms with Gasteiger partial charge in [-0.15, -0.1) is 11.3 Å². The Balaban J connectivity index is 1.40. The van der Waals surface area contributed by atoms with Crippen molar-refractivity contribution in [1.29, 1.82) is 0 Å². The molecule has 7 heteroatoms. The van der Waals surface area contributed by atoms with Gasteiger partial charge in [-0.1, -0.05) is 6.07 Å². The maximum Gasteiger partial charge on any atom is 0.261 e. The highest BCUT2D eigenvalue weighted by Gasteiger charge is 2.26. The Morgan fingerprint density at radius 1 is 1.32 bits per heavy atom. The number of rotatable bonds is 4. The SMILES string of the molecule is O=C(N[C@H]1CCN(c2cc(-c3ccc(F)cc3)[nH]n2)C1)c1cccs1. The minimum atomic E-state index is -0.257. The summed E-state index contributed by atoms with van der Waals surface area (Å²) in [7, 11) is 0. The van der Waals surface area contributed by atoms with Crippen LogP contribution in [-0.2, 0) is 0 Å². The van der Waals surface area contributed by atoms with Crippen molar-refractivity contribution in [2.75, 3.05) is 18.0 Å². The number of thiophene rings is 1. The number of hydrogen-bond donors (Lipinski definition) is 2. The Morgan fingerprint density at radius 3 is 2.92 bits per heavy atom. The topological polar surface area (TPSA) is 61.0 Å². The first-order valence-corrected chi connectivity index (χ1v) is 8.98. The number of H-pyrrole nitrogens is 1. The Labute approximate surface area is 148 Å². The molecule has 1 aliphatic heterocycles. The maximum absolute atomic E-state index is 13.0. The number of carbonyl (C=O) groups excluding carboxylic acids is 1. The van der Waals surface area contributed by atoms with E-state index in [1.54, 1.807) is 12.1 Å². The maximum atomic E-state index is 13.0. The lowest BCUT2D eigenvalue weighted by Crippen LogP contribution is -2.36. The normalized spacial score (nSPS) is 17.0. The number of aromatic nitrogens is 2. The zero-order valence-electron chi connectivity index (χ0n) is 13.4. The molecule has 1 fully saturated rings. The number of nitrogens with zero attached hydrogens (tertiary/aromatic N) is 2. The molecule has 0 unspecified atom stereocenters. The predicted octanol–water partition coefficient (Wildman–Crippen LogP) is 3.29. The van der Waals surface area contributed by atoms with E-state index in [2.05, 4.69) is 20.4 Å². The highest BCUT2D eigenvalue weighted by Crippen LogP contribution is 2.24. The van der Waals surface area contributed by atoms with Crippen molar-refractivity contribution < 1.29 is 9.18 Å². The summed E-state index contributed by atoms with van der Waals surface area (Å²) in [6.45, 7) is 1.56. The second kappa shape index (κ2) is 6.68. The molecule has 5 nitrogen and oxygen atoms in total. The zero-order chi connectivity index (χ0) is 17.2. The Morgan fingerprint density at radius 2 is 2.16 bits per heavy atom. The lowest BCUT2D eigenvalue weighted by Gasteiger charge is -2.15. The third-order valence-corrected chi connectivity index (χ3v) is 5.18. The van der Waals surface area contributed by atoms with Gasteiger partial charge in [-0.25, -0.2) is 4.39 Å². The van der Waals surface area contributed by atoms with Crippen LogP contribution in [0.3, 0.4) is 0 Å². The minimum absolute atomic E-state index is 0.0177. The fourth-order valence-corrected chi connectivity index (χ4v) is 3.63. The summed E-state index contributed by atoms with van der Waals surface area (Å²) in [6, 6.07) is 12.1. The van der Waals surface area contributed by atoms with E-state index in [-0.39, 0.29) is 17.8 Å². The summed E-state index contributed by atoms with van der Waals surface area (Å²) >= 11 is 1.44. The molecule has 0 spiro atoms. The summed E-state index contributed by atoms with van der Waals surface area (Å²) in [5.41, 5.74) is 1.74. The first kappa shape index (κ1) is 15.8. The van der Waals surface area contributed by atoms with Crippen molar-refractivity contribution in [2.45, 2.75) is 12.5 Å². The zero-order valence-corrected chi connectivity index (χ0v) is 14.2. The van der Waals surface area contributed by atoms with E-state index in [4.69, 9.17) is 0 Å². The Kier molecular flexibility index (Phi) is 4.23. The molecule has 4 rings (SSSR count). The van der Waals surface area contributed by atoms with E-state index in [1.165, 1.54) is 23.5 Å². The molecule has 1 aliphatic rings. The van der Waals surface area contributed by atoms with Crippen LogP contribution >= 0.6 is 11.3 Å². The lowest BCUT2D eigenvalue weighted by molar-refractivity contribution is 0.0944. The van der Waals surface area contributed by atoms with Crippen LogP contribution in [0.25, 0.3) is 11.3 Å². The minimum Gasteiger partial charge on any atom is -0.353 e. The van der Waals surface area contributed by atoms with Crippen LogP contribution in [0.15, 0.2) is 47.8 Å². The number of amides is 1. The monoisotopic (exact) mass is 356 g/mol. The number of carbonyl (C=O) groups is 1. The second-order valence-corrected chi connectivity index (χ2v) is 6.98. The summed E-state index contributed by atoms with van der Waals surface area (Å²) in [5.74, 6) is 0.565. The molecule has 128 valence electrons. The Hall–Kier alpha value is -2.67. The molecule has 1 atom stereocenters. The van der Waals surface area contributed by atoms with Gasteiger partial charge in [0.15, 0.2) is 5.82 Å². The van der Waals surface area contributed by atoms with Crippen molar-refractivity contribution in [1.82, 2.24) is 15.5 Å². The van der Waals surface area contributed by atoms with Crippen molar-refractivity contribution in [3.8, 4) is 11.3 Å². The van der Waals surface area contributed by atoms with Gasteiger partial charge in [-0.05, 0) is 47.7 Å². The van der Waals surface area contributed by atoms with Crippen LogP contribution in [0, 0.1) is 5.82 Å². The molecule has 2 N–H and O–H groups in total. The molecule has 0 saturated carbocycles. The summed E-state index contributed by atoms with van der Waals surface area (Å²) in [5, 5.41) is 12.3. The largest absolute Gasteiger partial charge is 0.353 e. The lowest BCUT2D eigenvalue weighted by atomic mass is 10.1. The molecule has 1 aromatic carbocycles. The smallest absolute Gasteiger partial charge is 0.261 e. The number of hydrogen-bond acceptors (Lipinski definition) is 4. The third kappa shape index (κ3) is 3.41. The summed E-state index contributed by atoms with van der Waals surface area (Å²) in [6.07, 6.45) is 0.885. The van der Waals surface area contributed by atoms with Gasteiger partial charge in [-0.2, -0.15) is 5.10 Å². The number of anilines is 1. The van der Waals surface area contributed by atoms with Crippen LogP contribution < -0.4 is 10.2 Å². The van der Waals surface area contributed by atoms with Gasteiger partial charge in [0.1, 0.15) is 5.82 Å². The molecule has 1 amide bonds. The van der Waals surface area contributed by atoms with E-state index in [9.17, 15) is 9.18 Å². The van der Waals surface area contributed by atoms with Crippen LogP contribution in [0.5, 0.6) is 0 Å². The molecule has 3 aromatic rings. The van der Waals surface area contributed by atoms with E-state index < -0.39 is 0 Å². The summed E-state index contributed by atoms with van der Waals surface area (Å²) < 4.78 is 13.0. The molecule has 25 heavy (non-hydrogen) atoms. The molecular formula is C18H17FN4OS. The highest BCUT2D eigenvalue weighted by atomic mass is 32.1. The van der Waals surface area contributed by atoms with E-state index in [1.807, 2.05) is 23.6 Å². The first-order valence-electron chi connectivity index (χ1n) is 8.10. The van der Waals surface area contributed by atoms with Crippen LogP contribution in [0.4, 0.5) is 10.2 Å². The fraction of sp³-hybridized carbons (Fsp3) is 0.222. The number of benzene rings is 1. The third-order valence-electron chi connectivity index (χ3n) is 4.31. The van der Waals surface area contributed by atoms with E-state index in [0.29, 0.717) is 0 Å². The van der Waals surface area contributed by atoms with E-state index >= 15 is 0 Å². The molecule has 3 heterocycles. The predicted molar refractivity (Wildman–Crippen MR) is 96.4 cm³/mol. The van der Waals surface area contributed by atoms with Gasteiger partial charge in [0.2, 0.25) is 0 Å². The average Bonchev–Trinajstić information content (AvgIpc) is 3.36. The van der Waals surface area contributed by atoms with Crippen LogP contribution in [-0.4, -0.2) is 35.2 Å². The van der Waals surface area contributed by atoms with Gasteiger partial charge in [0, 0.05) is 25.2 Å². The fourth-order valence-electron chi connectivity index (χ4n) is 3.00. The van der Waals surface area contributed by atoms with Crippen molar-refractivity contribution in [3.05, 3.63) is 58.5 Å². The molecular weight excluding hydrogens is 339 g/mol. The Bertz CT molecular complexity index is 860. The highest BCUT2D eigenvalue weighted by molar-refractivity contribution is 7.12. The van der Waals surface area contributed by atoms with Gasteiger partial charge in [0.05, 0.1) is 10.6 Å². The standard InChI is InChI=1S/C18H17FN4OS/c19-13-5-3-12(4-6-13)15-10-17(22-21-15)23-8-7-14(11-23)20-18(24)16-2-1-9-25-16/h1-6,9-10,14H,7-8,11H2,(H,20,24)(H,21,22)/t14-/m0/s1. The van der Waals surface area contributed by atoms with Crippen LogP contribution in [0.1, 0.15) is 16.1 Å². The molecule has 0 aliphatic carbocycles. The molecule has 0 bridgehead atoms. The van der Waals surface area contributed by atoms with Crippen molar-refractivity contribution in [2.24, 2.45) is 0 Å². The number of nitrogens with one attached hydrogen (secondary N) is 2. The first-order chi connectivity index (χ1) is 12.2. The molecule has 0 radical (unpaired) electrons. The van der Waals surface area contributed by atoms with E-state index in [0.717, 1.165) is 41.5 Å². The summed E-state index contributed by atoms with van der Waals surface area (Å²) in [4.78, 5) is 15.0. The van der Waals surface area contributed by atoms with Gasteiger partial charge in [-0.3, -0.25) is 9.89 Å². The van der Waals surface area contributed by atoms with Gasteiger partial charge < -0.3 is 10.2 Å². The second-order valence-electron chi connectivity index (χ2n) is 6.03. The van der Waals surface area contributed by atoms with Crippen LogP contribution in [0.2, 0.25) is 0 Å². The number of aromatic amines is 1. The van der Waals surface area contributed by atoms with Gasteiger partial charge >= 0.3 is 0 Å². The van der Waals surface area contributed by atoms with Gasteiger partial charge in [0.25, 0.3) is 5.91 Å². The van der Waals surface area contributed by atoms with Crippen molar-refractivity contribution in [3.63, 3.8) is 0 Å². The number of halogens is 1. The quantitative estimate of drug-likeness (QED) is 0.754. The van der Waals surface area contributed by atoms with Crippen molar-refractivity contribution >= 4 is 23.1 Å². The average molecular weight is 356 g/mol. The molecule has 2 aromatic heterocycles.